The molecule has 0 bridgehead atoms. The largest absolute Gasteiger partial charge is 0.395 e. The Morgan fingerprint density at radius 1 is 1.30 bits per heavy atom. The number of rotatable bonds is 3. The quantitative estimate of drug-likeness (QED) is 0.935. The summed E-state index contributed by atoms with van der Waals surface area (Å²) in [6, 6.07) is 8.59. The van der Waals surface area contributed by atoms with E-state index in [-0.39, 0.29) is 6.61 Å². The van der Waals surface area contributed by atoms with Crippen molar-refractivity contribution < 1.29 is 5.11 Å². The summed E-state index contributed by atoms with van der Waals surface area (Å²) in [7, 11) is 0. The molecule has 0 amide bonds. The summed E-state index contributed by atoms with van der Waals surface area (Å²) in [4.78, 5) is 6.93. The molecule has 1 unspecified atom stereocenters. The molecule has 3 nitrogen and oxygen atoms in total. The monoisotopic (exact) mass is 334 g/mol. The third-order valence-corrected chi connectivity index (χ3v) is 4.82. The average molecular weight is 335 g/mol. The van der Waals surface area contributed by atoms with Crippen LogP contribution >= 0.6 is 15.9 Å². The first-order valence-corrected chi connectivity index (χ1v) is 7.96. The standard InChI is InChI=1S/C16H19BrN2O/c17-15-7-6-12(16-14(15)5-3-8-18-16)10-19-9-2-1-4-13(19)11-20/h3,5-8,13,20H,1-2,4,9-11H2. The van der Waals surface area contributed by atoms with Crippen LogP contribution in [0.2, 0.25) is 0 Å². The molecule has 0 aliphatic carbocycles. The maximum Gasteiger partial charge on any atom is 0.0758 e. The number of aliphatic hydroxyl groups is 1. The van der Waals surface area contributed by atoms with Crippen molar-refractivity contribution in [2.45, 2.75) is 31.8 Å². The Bertz CT molecular complexity index is 602. The third kappa shape index (κ3) is 2.73. The highest BCUT2D eigenvalue weighted by Gasteiger charge is 2.22. The van der Waals surface area contributed by atoms with Gasteiger partial charge in [-0.2, -0.15) is 0 Å². The molecule has 1 aliphatic rings. The molecule has 2 heterocycles. The van der Waals surface area contributed by atoms with E-state index in [0.29, 0.717) is 6.04 Å². The summed E-state index contributed by atoms with van der Waals surface area (Å²) in [5.41, 5.74) is 2.30. The lowest BCUT2D eigenvalue weighted by Gasteiger charge is -2.34. The van der Waals surface area contributed by atoms with Gasteiger partial charge in [0.15, 0.2) is 0 Å². The predicted octanol–water partition coefficient (Wildman–Crippen LogP) is 3.34. The minimum absolute atomic E-state index is 0.252. The van der Waals surface area contributed by atoms with Crippen LogP contribution < -0.4 is 0 Å². The molecule has 1 atom stereocenters. The number of halogens is 1. The Labute approximate surface area is 127 Å². The summed E-state index contributed by atoms with van der Waals surface area (Å²) in [6.07, 6.45) is 5.38. The summed E-state index contributed by atoms with van der Waals surface area (Å²) >= 11 is 3.59. The molecule has 20 heavy (non-hydrogen) atoms. The molecule has 4 heteroatoms. The normalized spacial score (nSPS) is 20.4. The van der Waals surface area contributed by atoms with Crippen LogP contribution in [0.1, 0.15) is 24.8 Å². The number of piperidine rings is 1. The van der Waals surface area contributed by atoms with Crippen LogP contribution in [-0.4, -0.2) is 34.2 Å². The minimum Gasteiger partial charge on any atom is -0.395 e. The molecule has 1 aliphatic heterocycles. The summed E-state index contributed by atoms with van der Waals surface area (Å²) in [6.45, 7) is 2.18. The Morgan fingerprint density at radius 3 is 3.05 bits per heavy atom. The van der Waals surface area contributed by atoms with E-state index in [1.807, 2.05) is 12.3 Å². The fourth-order valence-corrected chi connectivity index (χ4v) is 3.47. The van der Waals surface area contributed by atoms with Gasteiger partial charge < -0.3 is 5.11 Å². The maximum atomic E-state index is 9.53. The van der Waals surface area contributed by atoms with Crippen molar-refractivity contribution in [3.8, 4) is 0 Å². The number of aliphatic hydroxyl groups excluding tert-OH is 1. The maximum absolute atomic E-state index is 9.53. The zero-order valence-electron chi connectivity index (χ0n) is 11.4. The van der Waals surface area contributed by atoms with E-state index in [1.54, 1.807) is 0 Å². The molecule has 1 fully saturated rings. The first kappa shape index (κ1) is 14.0. The molecule has 1 aromatic carbocycles. The molecule has 3 rings (SSSR count). The van der Waals surface area contributed by atoms with Crippen molar-refractivity contribution in [1.82, 2.24) is 9.88 Å². The van der Waals surface area contributed by atoms with Crippen molar-refractivity contribution in [3.05, 3.63) is 40.5 Å². The second-order valence-corrected chi connectivity index (χ2v) is 6.26. The van der Waals surface area contributed by atoms with Gasteiger partial charge in [0.05, 0.1) is 12.1 Å². The van der Waals surface area contributed by atoms with E-state index in [0.717, 1.165) is 34.9 Å². The molecule has 0 radical (unpaired) electrons. The highest BCUT2D eigenvalue weighted by Crippen LogP contribution is 2.27. The van der Waals surface area contributed by atoms with Gasteiger partial charge in [0.25, 0.3) is 0 Å². The summed E-state index contributed by atoms with van der Waals surface area (Å²) < 4.78 is 1.08. The van der Waals surface area contributed by atoms with E-state index >= 15 is 0 Å². The van der Waals surface area contributed by atoms with E-state index < -0.39 is 0 Å². The van der Waals surface area contributed by atoms with Crippen LogP contribution in [0.25, 0.3) is 10.9 Å². The minimum atomic E-state index is 0.252. The number of hydrogen-bond donors (Lipinski definition) is 1. The third-order valence-electron chi connectivity index (χ3n) is 4.13. The molecule has 2 aromatic rings. The molecule has 0 saturated carbocycles. The number of likely N-dealkylation sites (tertiary alicyclic amines) is 1. The number of nitrogens with zero attached hydrogens (tertiary/aromatic N) is 2. The molecular formula is C16H19BrN2O. The van der Waals surface area contributed by atoms with Gasteiger partial charge in [0.1, 0.15) is 0 Å². The Hall–Kier alpha value is -0.970. The van der Waals surface area contributed by atoms with Crippen LogP contribution in [0.4, 0.5) is 0 Å². The van der Waals surface area contributed by atoms with E-state index in [1.165, 1.54) is 18.4 Å². The number of fused-ring (bicyclic) bond motifs is 1. The van der Waals surface area contributed by atoms with E-state index in [4.69, 9.17) is 0 Å². The molecular weight excluding hydrogens is 316 g/mol. The van der Waals surface area contributed by atoms with Gasteiger partial charge in [-0.15, -0.1) is 0 Å². The smallest absolute Gasteiger partial charge is 0.0758 e. The average Bonchev–Trinajstić information content (AvgIpc) is 2.51. The Kier molecular flexibility index (Phi) is 4.34. The van der Waals surface area contributed by atoms with Gasteiger partial charge in [0.2, 0.25) is 0 Å². The van der Waals surface area contributed by atoms with Gasteiger partial charge in [0, 0.05) is 28.6 Å². The molecule has 106 valence electrons. The van der Waals surface area contributed by atoms with Gasteiger partial charge in [-0.05, 0) is 37.1 Å². The number of aromatic nitrogens is 1. The number of pyridine rings is 1. The molecule has 0 spiro atoms. The molecule has 1 N–H and O–H groups in total. The Balaban J connectivity index is 1.92. The topological polar surface area (TPSA) is 36.4 Å². The van der Waals surface area contributed by atoms with Crippen molar-refractivity contribution in [1.29, 1.82) is 0 Å². The summed E-state index contributed by atoms with van der Waals surface area (Å²) in [5, 5.41) is 10.7. The molecule has 1 saturated heterocycles. The van der Waals surface area contributed by atoms with Crippen LogP contribution in [0.15, 0.2) is 34.9 Å². The fourth-order valence-electron chi connectivity index (χ4n) is 3.02. The zero-order valence-corrected chi connectivity index (χ0v) is 13.0. The van der Waals surface area contributed by atoms with Gasteiger partial charge in [-0.1, -0.05) is 34.5 Å². The van der Waals surface area contributed by atoms with Crippen LogP contribution in [-0.2, 0) is 6.54 Å². The van der Waals surface area contributed by atoms with Crippen molar-refractivity contribution in [3.63, 3.8) is 0 Å². The lowest BCUT2D eigenvalue weighted by molar-refractivity contribution is 0.0844. The van der Waals surface area contributed by atoms with Crippen molar-refractivity contribution in [2.24, 2.45) is 0 Å². The van der Waals surface area contributed by atoms with Gasteiger partial charge >= 0.3 is 0 Å². The van der Waals surface area contributed by atoms with Crippen LogP contribution in [0.5, 0.6) is 0 Å². The lowest BCUT2D eigenvalue weighted by Crippen LogP contribution is -2.41. The lowest BCUT2D eigenvalue weighted by atomic mass is 10.0. The molecule has 1 aromatic heterocycles. The number of hydrogen-bond acceptors (Lipinski definition) is 3. The van der Waals surface area contributed by atoms with E-state index in [2.05, 4.69) is 44.0 Å². The SMILES string of the molecule is OCC1CCCCN1Cc1ccc(Br)c2cccnc12. The zero-order chi connectivity index (χ0) is 13.9. The summed E-state index contributed by atoms with van der Waals surface area (Å²) in [5.74, 6) is 0. The van der Waals surface area contributed by atoms with Crippen molar-refractivity contribution in [2.75, 3.05) is 13.2 Å². The first-order valence-electron chi connectivity index (χ1n) is 7.16. The first-order chi connectivity index (χ1) is 9.79. The Morgan fingerprint density at radius 2 is 2.20 bits per heavy atom. The van der Waals surface area contributed by atoms with Crippen LogP contribution in [0, 0.1) is 0 Å². The predicted molar refractivity (Wildman–Crippen MR) is 84.6 cm³/mol. The fraction of sp³-hybridized carbons (Fsp3) is 0.438. The number of benzene rings is 1. The highest BCUT2D eigenvalue weighted by atomic mass is 79.9. The second-order valence-electron chi connectivity index (χ2n) is 5.41. The van der Waals surface area contributed by atoms with Gasteiger partial charge in [-0.25, -0.2) is 0 Å². The van der Waals surface area contributed by atoms with Gasteiger partial charge in [-0.3, -0.25) is 9.88 Å². The van der Waals surface area contributed by atoms with Crippen LogP contribution in [0.3, 0.4) is 0 Å². The highest BCUT2D eigenvalue weighted by molar-refractivity contribution is 9.10. The van der Waals surface area contributed by atoms with E-state index in [9.17, 15) is 5.11 Å². The van der Waals surface area contributed by atoms with Crippen molar-refractivity contribution >= 4 is 26.8 Å². The second kappa shape index (κ2) is 6.20.